The van der Waals surface area contributed by atoms with Crippen molar-refractivity contribution in [2.45, 2.75) is 13.0 Å². The average Bonchev–Trinajstić information content (AvgIpc) is 3.02. The smallest absolute Gasteiger partial charge is 0.268 e. The monoisotopic (exact) mass is 329 g/mol. The van der Waals surface area contributed by atoms with E-state index in [1.165, 1.54) is 11.3 Å². The maximum absolute atomic E-state index is 12.0. The van der Waals surface area contributed by atoms with Crippen molar-refractivity contribution in [1.29, 1.82) is 0 Å². The Bertz CT molecular complexity index is 883. The van der Waals surface area contributed by atoms with Gasteiger partial charge in [0, 0.05) is 6.54 Å². The lowest BCUT2D eigenvalue weighted by Gasteiger charge is -2.06. The predicted molar refractivity (Wildman–Crippen MR) is 88.8 cm³/mol. The van der Waals surface area contributed by atoms with Gasteiger partial charge in [-0.1, -0.05) is 12.1 Å². The number of nitrogens with zero attached hydrogens (tertiary/aromatic N) is 1. The second kappa shape index (κ2) is 6.62. The van der Waals surface area contributed by atoms with E-state index in [-0.39, 0.29) is 17.9 Å². The minimum Gasteiger partial charge on any atom is -0.497 e. The molecule has 2 heterocycles. The molecule has 0 atom stereocenters. The van der Waals surface area contributed by atoms with Crippen LogP contribution in [0.25, 0.3) is 10.2 Å². The number of methoxy groups -OCH3 is 1. The van der Waals surface area contributed by atoms with Gasteiger partial charge in [-0.15, -0.1) is 11.3 Å². The molecule has 0 saturated heterocycles. The van der Waals surface area contributed by atoms with E-state index in [4.69, 9.17) is 4.74 Å². The molecule has 0 fully saturated rings. The first-order chi connectivity index (χ1) is 11.2. The average molecular weight is 329 g/mol. The van der Waals surface area contributed by atoms with Crippen LogP contribution >= 0.6 is 11.3 Å². The molecule has 23 heavy (non-hydrogen) atoms. The third kappa shape index (κ3) is 3.57. The lowest BCUT2D eigenvalue weighted by Crippen LogP contribution is -2.26. The standard InChI is InChI=1S/C16H15N3O3S/c1-22-11-4-2-10(3-5-11)9-17-14(20)8-13-18-12-6-7-23-15(12)16(21)19-13/h2-7H,8-9H2,1H3,(H,17,20)(H,18,19,21). The van der Waals surface area contributed by atoms with E-state index in [9.17, 15) is 9.59 Å². The normalized spacial score (nSPS) is 10.7. The van der Waals surface area contributed by atoms with Crippen LogP contribution in [0.4, 0.5) is 0 Å². The Morgan fingerprint density at radius 3 is 2.83 bits per heavy atom. The van der Waals surface area contributed by atoms with Crippen molar-refractivity contribution in [1.82, 2.24) is 15.3 Å². The van der Waals surface area contributed by atoms with Gasteiger partial charge in [-0.3, -0.25) is 9.59 Å². The molecule has 0 aliphatic carbocycles. The summed E-state index contributed by atoms with van der Waals surface area (Å²) in [6.45, 7) is 0.410. The SMILES string of the molecule is COc1ccc(CNC(=O)Cc2nc3ccsc3c(=O)[nH]2)cc1. The Labute approximate surface area is 136 Å². The van der Waals surface area contributed by atoms with E-state index in [2.05, 4.69) is 15.3 Å². The molecule has 0 aliphatic rings. The lowest BCUT2D eigenvalue weighted by atomic mass is 10.2. The molecule has 1 amide bonds. The second-order valence-electron chi connectivity index (χ2n) is 4.95. The fraction of sp³-hybridized carbons (Fsp3) is 0.188. The molecule has 6 nitrogen and oxygen atoms in total. The molecule has 0 aliphatic heterocycles. The summed E-state index contributed by atoms with van der Waals surface area (Å²) in [7, 11) is 1.61. The Kier molecular flexibility index (Phi) is 4.38. The fourth-order valence-electron chi connectivity index (χ4n) is 2.16. The second-order valence-corrected chi connectivity index (χ2v) is 5.87. The van der Waals surface area contributed by atoms with E-state index < -0.39 is 0 Å². The third-order valence-corrected chi connectivity index (χ3v) is 4.24. The number of hydrogen-bond donors (Lipinski definition) is 2. The van der Waals surface area contributed by atoms with Crippen LogP contribution in [0.15, 0.2) is 40.5 Å². The number of H-pyrrole nitrogens is 1. The predicted octanol–water partition coefficient (Wildman–Crippen LogP) is 1.85. The zero-order chi connectivity index (χ0) is 16.2. The molecule has 0 unspecified atom stereocenters. The van der Waals surface area contributed by atoms with Gasteiger partial charge in [0.05, 0.1) is 19.0 Å². The van der Waals surface area contributed by atoms with Gasteiger partial charge >= 0.3 is 0 Å². The molecular formula is C16H15N3O3S. The van der Waals surface area contributed by atoms with Gasteiger partial charge in [-0.05, 0) is 29.1 Å². The summed E-state index contributed by atoms with van der Waals surface area (Å²) >= 11 is 1.33. The highest BCUT2D eigenvalue weighted by molar-refractivity contribution is 7.17. The summed E-state index contributed by atoms with van der Waals surface area (Å²) in [5.41, 5.74) is 1.38. The van der Waals surface area contributed by atoms with Crippen LogP contribution in [0.5, 0.6) is 5.75 Å². The van der Waals surface area contributed by atoms with E-state index in [0.29, 0.717) is 22.6 Å². The highest BCUT2D eigenvalue weighted by Crippen LogP contribution is 2.14. The summed E-state index contributed by atoms with van der Waals surface area (Å²) < 4.78 is 5.66. The molecule has 0 saturated carbocycles. The van der Waals surface area contributed by atoms with Gasteiger partial charge in [0.1, 0.15) is 16.3 Å². The third-order valence-electron chi connectivity index (χ3n) is 3.34. The number of thiophene rings is 1. The van der Waals surface area contributed by atoms with E-state index in [1.54, 1.807) is 18.6 Å². The summed E-state index contributed by atoms with van der Waals surface area (Å²) in [5, 5.41) is 4.61. The number of amides is 1. The fourth-order valence-corrected chi connectivity index (χ4v) is 2.89. The molecule has 118 valence electrons. The molecule has 0 spiro atoms. The topological polar surface area (TPSA) is 84.1 Å². The number of aromatic nitrogens is 2. The van der Waals surface area contributed by atoms with Crippen molar-refractivity contribution in [3.8, 4) is 5.75 Å². The highest BCUT2D eigenvalue weighted by atomic mass is 32.1. The van der Waals surface area contributed by atoms with Crippen LogP contribution in [0.1, 0.15) is 11.4 Å². The molecule has 3 rings (SSSR count). The molecule has 0 radical (unpaired) electrons. The Morgan fingerprint density at radius 1 is 1.30 bits per heavy atom. The number of fused-ring (bicyclic) bond motifs is 1. The lowest BCUT2D eigenvalue weighted by molar-refractivity contribution is -0.120. The highest BCUT2D eigenvalue weighted by Gasteiger charge is 2.09. The molecule has 2 aromatic heterocycles. The minimum atomic E-state index is -0.206. The Hall–Kier alpha value is -2.67. The van der Waals surface area contributed by atoms with Gasteiger partial charge in [0.25, 0.3) is 5.56 Å². The van der Waals surface area contributed by atoms with Gasteiger partial charge in [0.15, 0.2) is 0 Å². The van der Waals surface area contributed by atoms with E-state index in [0.717, 1.165) is 11.3 Å². The number of nitrogens with one attached hydrogen (secondary N) is 2. The molecular weight excluding hydrogens is 314 g/mol. The summed E-state index contributed by atoms with van der Waals surface area (Å²) in [4.78, 5) is 30.8. The van der Waals surface area contributed by atoms with E-state index in [1.807, 2.05) is 24.3 Å². The van der Waals surface area contributed by atoms with Crippen LogP contribution < -0.4 is 15.6 Å². The van der Waals surface area contributed by atoms with Crippen molar-refractivity contribution < 1.29 is 9.53 Å². The number of ether oxygens (including phenoxy) is 1. The van der Waals surface area contributed by atoms with Gasteiger partial charge in [0.2, 0.25) is 5.91 Å². The first kappa shape index (κ1) is 15.2. The van der Waals surface area contributed by atoms with Crippen molar-refractivity contribution in [2.24, 2.45) is 0 Å². The van der Waals surface area contributed by atoms with Crippen molar-refractivity contribution >= 4 is 27.5 Å². The first-order valence-electron chi connectivity index (χ1n) is 7.02. The van der Waals surface area contributed by atoms with Crippen LogP contribution in [0.2, 0.25) is 0 Å². The Balaban J connectivity index is 1.62. The molecule has 2 N–H and O–H groups in total. The molecule has 1 aromatic carbocycles. The summed E-state index contributed by atoms with van der Waals surface area (Å²) in [5.74, 6) is 0.942. The van der Waals surface area contributed by atoms with Crippen LogP contribution in [0.3, 0.4) is 0 Å². The zero-order valence-electron chi connectivity index (χ0n) is 12.5. The number of aromatic amines is 1. The van der Waals surface area contributed by atoms with Gasteiger partial charge in [-0.25, -0.2) is 4.98 Å². The van der Waals surface area contributed by atoms with Crippen LogP contribution in [0, 0.1) is 0 Å². The van der Waals surface area contributed by atoms with Crippen LogP contribution in [-0.4, -0.2) is 23.0 Å². The molecule has 0 bridgehead atoms. The van der Waals surface area contributed by atoms with Crippen molar-refractivity contribution in [3.05, 3.63) is 57.5 Å². The number of benzene rings is 1. The quantitative estimate of drug-likeness (QED) is 0.748. The van der Waals surface area contributed by atoms with Gasteiger partial charge in [-0.2, -0.15) is 0 Å². The number of carbonyl (C=O) groups is 1. The number of carbonyl (C=O) groups excluding carboxylic acids is 1. The summed E-state index contributed by atoms with van der Waals surface area (Å²) in [6.07, 6.45) is 0.0389. The zero-order valence-corrected chi connectivity index (χ0v) is 13.3. The largest absolute Gasteiger partial charge is 0.497 e. The Morgan fingerprint density at radius 2 is 2.09 bits per heavy atom. The van der Waals surface area contributed by atoms with Crippen LogP contribution in [-0.2, 0) is 17.8 Å². The maximum atomic E-state index is 12.0. The minimum absolute atomic E-state index is 0.0389. The summed E-state index contributed by atoms with van der Waals surface area (Å²) in [6, 6.07) is 9.22. The first-order valence-corrected chi connectivity index (χ1v) is 7.89. The van der Waals surface area contributed by atoms with Crippen molar-refractivity contribution in [2.75, 3.05) is 7.11 Å². The van der Waals surface area contributed by atoms with Crippen molar-refractivity contribution in [3.63, 3.8) is 0 Å². The van der Waals surface area contributed by atoms with E-state index >= 15 is 0 Å². The number of rotatable bonds is 5. The number of hydrogen-bond acceptors (Lipinski definition) is 5. The maximum Gasteiger partial charge on any atom is 0.268 e. The van der Waals surface area contributed by atoms with Gasteiger partial charge < -0.3 is 15.0 Å². The molecule has 7 heteroatoms. The molecule has 3 aromatic rings.